The maximum Gasteiger partial charge on any atom is 0.248 e. The molecule has 1 atom stereocenters. The van der Waals surface area contributed by atoms with Gasteiger partial charge in [-0.15, -0.1) is 5.10 Å². The molecule has 5 heterocycles. The van der Waals surface area contributed by atoms with Crippen molar-refractivity contribution in [3.05, 3.63) is 54.0 Å². The standard InChI is InChI=1S/C28H28F3N7O3S/c1-15-24(37(2)36-35-15)17-12-19-23(33-13-17)21-26(20(42(4,39)40)14-34-27(21)41-3)38(19)25(22-18(29)6-5-11-32-22)16-7-9-28(30,31)10-8-16/h5-6,11-14,16,25H,7-10H2,1-4H3. The lowest BCUT2D eigenvalue weighted by Crippen LogP contribution is -2.31. The van der Waals surface area contributed by atoms with Crippen LogP contribution in [0.15, 0.2) is 41.7 Å². The van der Waals surface area contributed by atoms with Gasteiger partial charge in [-0.1, -0.05) is 5.21 Å². The first-order valence-corrected chi connectivity index (χ1v) is 15.2. The zero-order valence-corrected chi connectivity index (χ0v) is 24.2. The second kappa shape index (κ2) is 10.0. The Balaban J connectivity index is 1.78. The Morgan fingerprint density at radius 2 is 1.88 bits per heavy atom. The van der Waals surface area contributed by atoms with Gasteiger partial charge < -0.3 is 9.30 Å². The predicted octanol–water partition coefficient (Wildman–Crippen LogP) is 5.05. The molecule has 0 aliphatic heterocycles. The molecule has 42 heavy (non-hydrogen) atoms. The van der Waals surface area contributed by atoms with E-state index >= 15 is 4.39 Å². The van der Waals surface area contributed by atoms with Crippen LogP contribution in [0, 0.1) is 18.7 Å². The molecule has 0 aromatic carbocycles. The molecule has 0 saturated heterocycles. The number of alkyl halides is 2. The maximum atomic E-state index is 15.6. The average Bonchev–Trinajstić information content (AvgIpc) is 3.45. The van der Waals surface area contributed by atoms with Gasteiger partial charge in [0.25, 0.3) is 0 Å². The molecule has 1 unspecified atom stereocenters. The van der Waals surface area contributed by atoms with Gasteiger partial charge in [-0.25, -0.2) is 31.3 Å². The van der Waals surface area contributed by atoms with E-state index in [2.05, 4.69) is 20.3 Å². The Labute approximate surface area is 239 Å². The molecular formula is C28H28F3N7O3S. The highest BCUT2D eigenvalue weighted by Gasteiger charge is 2.41. The normalized spacial score (nSPS) is 16.7. The van der Waals surface area contributed by atoms with Gasteiger partial charge in [-0.3, -0.25) is 9.97 Å². The second-order valence-electron chi connectivity index (χ2n) is 10.7. The number of rotatable bonds is 6. The minimum atomic E-state index is -3.89. The number of aryl methyl sites for hydroxylation is 2. The van der Waals surface area contributed by atoms with Gasteiger partial charge in [0.1, 0.15) is 16.2 Å². The number of aromatic nitrogens is 7. The van der Waals surface area contributed by atoms with Gasteiger partial charge in [0, 0.05) is 44.1 Å². The van der Waals surface area contributed by atoms with Gasteiger partial charge in [0.15, 0.2) is 9.84 Å². The topological polar surface area (TPSA) is 118 Å². The molecule has 1 aliphatic rings. The molecular weight excluding hydrogens is 571 g/mol. The molecule has 0 radical (unpaired) electrons. The van der Waals surface area contributed by atoms with Crippen molar-refractivity contribution in [3.8, 4) is 17.1 Å². The van der Waals surface area contributed by atoms with Crippen molar-refractivity contribution < 1.29 is 26.3 Å². The van der Waals surface area contributed by atoms with Crippen molar-refractivity contribution in [1.82, 2.24) is 34.5 Å². The average molecular weight is 600 g/mol. The summed E-state index contributed by atoms with van der Waals surface area (Å²) in [6.07, 6.45) is 4.68. The summed E-state index contributed by atoms with van der Waals surface area (Å²) in [5.74, 6) is -3.85. The number of methoxy groups -OCH3 is 1. The molecule has 5 aromatic rings. The number of fused-ring (bicyclic) bond motifs is 3. The molecule has 220 valence electrons. The Kier molecular flexibility index (Phi) is 6.71. The molecule has 0 spiro atoms. The molecule has 0 bridgehead atoms. The third-order valence-electron chi connectivity index (χ3n) is 8.00. The number of ether oxygens (including phenoxy) is 1. The van der Waals surface area contributed by atoms with Crippen molar-refractivity contribution in [3.63, 3.8) is 0 Å². The molecule has 10 nitrogen and oxygen atoms in total. The van der Waals surface area contributed by atoms with E-state index in [0.717, 1.165) is 6.26 Å². The zero-order valence-electron chi connectivity index (χ0n) is 23.3. The Morgan fingerprint density at radius 1 is 1.14 bits per heavy atom. The van der Waals surface area contributed by atoms with Crippen LogP contribution in [0.25, 0.3) is 33.2 Å². The van der Waals surface area contributed by atoms with Crippen molar-refractivity contribution in [2.24, 2.45) is 13.0 Å². The fourth-order valence-corrected chi connectivity index (χ4v) is 6.92. The maximum absolute atomic E-state index is 15.6. The summed E-state index contributed by atoms with van der Waals surface area (Å²) < 4.78 is 79.5. The van der Waals surface area contributed by atoms with Crippen LogP contribution in [0.1, 0.15) is 43.1 Å². The van der Waals surface area contributed by atoms with Crippen LogP contribution in [0.3, 0.4) is 0 Å². The second-order valence-corrected chi connectivity index (χ2v) is 12.7. The SMILES string of the molecule is COc1ncc(S(C)(=O)=O)c2c1c1ncc(-c3c(C)nnn3C)cc1n2C(c1ncccc1F)C1CCC(F)(F)CC1. The quantitative estimate of drug-likeness (QED) is 0.266. The first kappa shape index (κ1) is 28.1. The van der Waals surface area contributed by atoms with E-state index in [-0.39, 0.29) is 47.7 Å². The van der Waals surface area contributed by atoms with E-state index in [4.69, 9.17) is 9.72 Å². The minimum Gasteiger partial charge on any atom is -0.480 e. The minimum absolute atomic E-state index is 0.0190. The number of hydrogen-bond donors (Lipinski definition) is 0. The van der Waals surface area contributed by atoms with Crippen LogP contribution in [-0.2, 0) is 16.9 Å². The number of pyridine rings is 3. The molecule has 0 amide bonds. The summed E-state index contributed by atoms with van der Waals surface area (Å²) in [6.45, 7) is 1.80. The highest BCUT2D eigenvalue weighted by atomic mass is 32.2. The van der Waals surface area contributed by atoms with Crippen molar-refractivity contribution in [1.29, 1.82) is 0 Å². The van der Waals surface area contributed by atoms with Gasteiger partial charge >= 0.3 is 0 Å². The number of hydrogen-bond acceptors (Lipinski definition) is 8. The zero-order chi connectivity index (χ0) is 30.0. The fraction of sp³-hybridized carbons (Fsp3) is 0.393. The predicted molar refractivity (Wildman–Crippen MR) is 149 cm³/mol. The van der Waals surface area contributed by atoms with Crippen LogP contribution < -0.4 is 4.74 Å². The molecule has 14 heteroatoms. The lowest BCUT2D eigenvalue weighted by Gasteiger charge is -2.35. The van der Waals surface area contributed by atoms with Crippen molar-refractivity contribution in [2.75, 3.05) is 13.4 Å². The third kappa shape index (κ3) is 4.57. The summed E-state index contributed by atoms with van der Waals surface area (Å²) in [5, 5.41) is 8.53. The Morgan fingerprint density at radius 3 is 2.50 bits per heavy atom. The summed E-state index contributed by atoms with van der Waals surface area (Å²) >= 11 is 0. The molecule has 1 fully saturated rings. The Bertz CT molecular complexity index is 1930. The molecule has 0 N–H and O–H groups in total. The Hall–Kier alpha value is -4.07. The lowest BCUT2D eigenvalue weighted by molar-refractivity contribution is -0.0495. The highest BCUT2D eigenvalue weighted by molar-refractivity contribution is 7.91. The van der Waals surface area contributed by atoms with Crippen LogP contribution in [0.5, 0.6) is 5.88 Å². The third-order valence-corrected chi connectivity index (χ3v) is 9.10. The van der Waals surface area contributed by atoms with Gasteiger partial charge in [-0.2, -0.15) is 0 Å². The van der Waals surface area contributed by atoms with Gasteiger partial charge in [0.05, 0.1) is 52.8 Å². The monoisotopic (exact) mass is 599 g/mol. The molecule has 1 saturated carbocycles. The molecule has 5 aromatic heterocycles. The fourth-order valence-electron chi connectivity index (χ4n) is 6.12. The van der Waals surface area contributed by atoms with Crippen LogP contribution in [0.2, 0.25) is 0 Å². The summed E-state index contributed by atoms with van der Waals surface area (Å²) in [5.41, 5.74) is 2.94. The van der Waals surface area contributed by atoms with Crippen molar-refractivity contribution >= 4 is 31.8 Å². The smallest absolute Gasteiger partial charge is 0.248 e. The van der Waals surface area contributed by atoms with Crippen LogP contribution in [-0.4, -0.2) is 62.2 Å². The van der Waals surface area contributed by atoms with E-state index in [0.29, 0.717) is 33.4 Å². The summed E-state index contributed by atoms with van der Waals surface area (Å²) in [4.78, 5) is 13.2. The van der Waals surface area contributed by atoms with Crippen LogP contribution in [0.4, 0.5) is 13.2 Å². The van der Waals surface area contributed by atoms with E-state index < -0.39 is 33.5 Å². The highest BCUT2D eigenvalue weighted by Crippen LogP contribution is 2.48. The van der Waals surface area contributed by atoms with E-state index in [1.165, 1.54) is 31.6 Å². The largest absolute Gasteiger partial charge is 0.480 e. The van der Waals surface area contributed by atoms with Crippen LogP contribution >= 0.6 is 0 Å². The molecule has 1 aliphatic carbocycles. The number of sulfone groups is 1. The number of nitrogens with zero attached hydrogens (tertiary/aromatic N) is 7. The number of halogens is 3. The molecule has 6 rings (SSSR count). The first-order chi connectivity index (χ1) is 19.9. The van der Waals surface area contributed by atoms with Crippen molar-refractivity contribution in [2.45, 2.75) is 49.5 Å². The van der Waals surface area contributed by atoms with Gasteiger partial charge in [0.2, 0.25) is 11.8 Å². The van der Waals surface area contributed by atoms with E-state index in [1.807, 2.05) is 0 Å². The first-order valence-electron chi connectivity index (χ1n) is 13.3. The van der Waals surface area contributed by atoms with Gasteiger partial charge in [-0.05, 0) is 43.9 Å². The summed E-state index contributed by atoms with van der Waals surface area (Å²) in [7, 11) is -0.751. The van der Waals surface area contributed by atoms with E-state index in [1.54, 1.807) is 35.5 Å². The van der Waals surface area contributed by atoms with E-state index in [9.17, 15) is 17.2 Å². The summed E-state index contributed by atoms with van der Waals surface area (Å²) in [6, 6.07) is 3.56. The lowest BCUT2D eigenvalue weighted by atomic mass is 9.80.